The maximum absolute atomic E-state index is 13.9. The third kappa shape index (κ3) is 6.93. The fourth-order valence-electron chi connectivity index (χ4n) is 5.23. The van der Waals surface area contributed by atoms with Crippen molar-refractivity contribution in [2.75, 3.05) is 11.9 Å². The van der Waals surface area contributed by atoms with Crippen molar-refractivity contribution >= 4 is 6.01 Å². The first-order valence-corrected chi connectivity index (χ1v) is 13.1. The average Bonchev–Trinajstić information content (AvgIpc) is 3.26. The van der Waals surface area contributed by atoms with Gasteiger partial charge in [-0.25, -0.2) is 8.78 Å². The van der Waals surface area contributed by atoms with Crippen molar-refractivity contribution in [3.8, 4) is 0 Å². The van der Waals surface area contributed by atoms with Crippen molar-refractivity contribution in [2.24, 2.45) is 0 Å². The summed E-state index contributed by atoms with van der Waals surface area (Å²) in [5.74, 6) is -0.935. The van der Waals surface area contributed by atoms with Gasteiger partial charge in [0.1, 0.15) is 11.6 Å². The quantitative estimate of drug-likeness (QED) is 0.337. The molecule has 1 saturated carbocycles. The summed E-state index contributed by atoms with van der Waals surface area (Å²) in [7, 11) is 0. The van der Waals surface area contributed by atoms with Crippen molar-refractivity contribution in [2.45, 2.75) is 89.3 Å². The van der Waals surface area contributed by atoms with E-state index in [4.69, 9.17) is 4.42 Å². The smallest absolute Gasteiger partial charge is 0.315 e. The van der Waals surface area contributed by atoms with Gasteiger partial charge in [0.25, 0.3) is 0 Å². The van der Waals surface area contributed by atoms with Crippen LogP contribution in [-0.4, -0.2) is 34.0 Å². The predicted molar refractivity (Wildman–Crippen MR) is 140 cm³/mol. The van der Waals surface area contributed by atoms with Crippen molar-refractivity contribution < 1.29 is 18.3 Å². The number of aromatic nitrogens is 2. The number of nitrogens with one attached hydrogen (secondary N) is 2. The number of aliphatic hydroxyl groups is 1. The van der Waals surface area contributed by atoms with Gasteiger partial charge in [-0.3, -0.25) is 0 Å². The third-order valence-electron chi connectivity index (χ3n) is 7.32. The van der Waals surface area contributed by atoms with Crippen LogP contribution in [0, 0.1) is 18.6 Å². The van der Waals surface area contributed by atoms with Crippen LogP contribution < -0.4 is 10.6 Å². The number of hydrogen-bond acceptors (Lipinski definition) is 6. The number of aryl methyl sites for hydroxylation is 1. The van der Waals surface area contributed by atoms with E-state index in [0.717, 1.165) is 31.7 Å². The van der Waals surface area contributed by atoms with E-state index in [2.05, 4.69) is 65.9 Å². The van der Waals surface area contributed by atoms with E-state index in [0.29, 0.717) is 11.5 Å². The summed E-state index contributed by atoms with van der Waals surface area (Å²) in [6.45, 7) is 8.58. The number of aliphatic hydroxyl groups excluding tert-OH is 1. The van der Waals surface area contributed by atoms with Gasteiger partial charge in [0.15, 0.2) is 0 Å². The zero-order valence-electron chi connectivity index (χ0n) is 22.2. The molecule has 200 valence electrons. The van der Waals surface area contributed by atoms with E-state index in [1.807, 2.05) is 0 Å². The minimum atomic E-state index is -0.900. The van der Waals surface area contributed by atoms with E-state index in [9.17, 15) is 13.9 Å². The molecule has 6 nitrogen and oxygen atoms in total. The van der Waals surface area contributed by atoms with Crippen LogP contribution in [0.25, 0.3) is 0 Å². The molecule has 1 aliphatic carbocycles. The zero-order valence-corrected chi connectivity index (χ0v) is 22.2. The molecule has 1 heterocycles. The first-order chi connectivity index (χ1) is 17.5. The molecule has 0 bridgehead atoms. The lowest BCUT2D eigenvalue weighted by molar-refractivity contribution is 0.121. The van der Waals surface area contributed by atoms with Gasteiger partial charge in [-0.05, 0) is 53.5 Å². The van der Waals surface area contributed by atoms with Crippen molar-refractivity contribution in [3.63, 3.8) is 0 Å². The van der Waals surface area contributed by atoms with Crippen LogP contribution in [0.2, 0.25) is 0 Å². The summed E-state index contributed by atoms with van der Waals surface area (Å²) in [6.07, 6.45) is 4.63. The second-order valence-corrected chi connectivity index (χ2v) is 11.3. The first kappa shape index (κ1) is 27.2. The van der Waals surface area contributed by atoms with E-state index in [1.165, 1.54) is 29.7 Å². The number of halogens is 2. The molecule has 1 aliphatic rings. The molecule has 3 N–H and O–H groups in total. The van der Waals surface area contributed by atoms with Crippen LogP contribution in [0.3, 0.4) is 0 Å². The SMILES string of the molecule is Cc1nnc(NC(Cc2cc(F)cc(F)c2)C(O)CNC2(c3cccc(C(C)(C)C)c3)CCCCC2)o1. The van der Waals surface area contributed by atoms with E-state index < -0.39 is 23.8 Å². The standard InChI is InChI=1S/C29H38F2N4O2/c1-19-34-35-27(37-19)33-25(15-20-13-23(30)17-24(31)14-20)26(36)18-32-29(11-6-5-7-12-29)22-10-8-9-21(16-22)28(2,3)4/h8-10,13-14,16-17,25-26,32,36H,5-7,11-12,15,18H2,1-4H3,(H,33,35). The number of hydrogen-bond donors (Lipinski definition) is 3. The monoisotopic (exact) mass is 512 g/mol. The molecule has 0 radical (unpaired) electrons. The summed E-state index contributed by atoms with van der Waals surface area (Å²) in [6, 6.07) is 11.7. The highest BCUT2D eigenvalue weighted by Gasteiger charge is 2.35. The lowest BCUT2D eigenvalue weighted by atomic mass is 9.74. The number of anilines is 1. The molecular weight excluding hydrogens is 474 g/mol. The van der Waals surface area contributed by atoms with E-state index in [1.54, 1.807) is 6.92 Å². The van der Waals surface area contributed by atoms with Gasteiger partial charge in [0.2, 0.25) is 5.89 Å². The molecule has 0 spiro atoms. The Balaban J connectivity index is 1.56. The summed E-state index contributed by atoms with van der Waals surface area (Å²) >= 11 is 0. The minimum Gasteiger partial charge on any atom is -0.408 e. The molecule has 37 heavy (non-hydrogen) atoms. The Labute approximate surface area is 217 Å². The summed E-state index contributed by atoms with van der Waals surface area (Å²) in [5.41, 5.74) is 2.71. The van der Waals surface area contributed by atoms with Gasteiger partial charge in [-0.1, -0.05) is 69.4 Å². The molecule has 2 unspecified atom stereocenters. The maximum Gasteiger partial charge on any atom is 0.315 e. The number of rotatable bonds is 9. The van der Waals surface area contributed by atoms with Crippen molar-refractivity contribution in [1.29, 1.82) is 0 Å². The second kappa shape index (κ2) is 11.3. The normalized spacial score (nSPS) is 17.4. The Morgan fingerprint density at radius 1 is 1.03 bits per heavy atom. The Bertz CT molecular complexity index is 1160. The van der Waals surface area contributed by atoms with Crippen LogP contribution in [-0.2, 0) is 17.4 Å². The van der Waals surface area contributed by atoms with Crippen molar-refractivity contribution in [3.05, 3.63) is 76.7 Å². The lowest BCUT2D eigenvalue weighted by Crippen LogP contribution is -2.51. The molecule has 8 heteroatoms. The van der Waals surface area contributed by atoms with Crippen LogP contribution in [0.4, 0.5) is 14.8 Å². The van der Waals surface area contributed by atoms with Gasteiger partial charge >= 0.3 is 6.01 Å². The molecular formula is C29H38F2N4O2. The highest BCUT2D eigenvalue weighted by molar-refractivity contribution is 5.34. The van der Waals surface area contributed by atoms with E-state index in [-0.39, 0.29) is 29.9 Å². The Morgan fingerprint density at radius 3 is 2.35 bits per heavy atom. The summed E-state index contributed by atoms with van der Waals surface area (Å²) in [4.78, 5) is 0. The molecule has 0 saturated heterocycles. The number of nitrogens with zero attached hydrogens (tertiary/aromatic N) is 2. The largest absolute Gasteiger partial charge is 0.408 e. The maximum atomic E-state index is 13.9. The Hall–Kier alpha value is -2.84. The molecule has 0 aliphatic heterocycles. The van der Waals surface area contributed by atoms with Crippen LogP contribution >= 0.6 is 0 Å². The Kier molecular flexibility index (Phi) is 8.29. The molecule has 3 aromatic rings. The van der Waals surface area contributed by atoms with Crippen LogP contribution in [0.15, 0.2) is 46.9 Å². The molecule has 2 atom stereocenters. The first-order valence-electron chi connectivity index (χ1n) is 13.1. The second-order valence-electron chi connectivity index (χ2n) is 11.3. The zero-order chi connectivity index (χ0) is 26.6. The van der Waals surface area contributed by atoms with Gasteiger partial charge in [-0.15, -0.1) is 5.10 Å². The highest BCUT2D eigenvalue weighted by Crippen LogP contribution is 2.38. The fourth-order valence-corrected chi connectivity index (χ4v) is 5.23. The molecule has 4 rings (SSSR count). The molecule has 1 fully saturated rings. The number of benzene rings is 2. The molecule has 1 aromatic heterocycles. The molecule has 2 aromatic carbocycles. The fraction of sp³-hybridized carbons (Fsp3) is 0.517. The molecule has 0 amide bonds. The van der Waals surface area contributed by atoms with Crippen LogP contribution in [0.1, 0.15) is 75.5 Å². The minimum absolute atomic E-state index is 0.0306. The topological polar surface area (TPSA) is 83.2 Å². The van der Waals surface area contributed by atoms with Gasteiger partial charge in [0.05, 0.1) is 12.1 Å². The van der Waals surface area contributed by atoms with Gasteiger partial charge in [-0.2, -0.15) is 0 Å². The summed E-state index contributed by atoms with van der Waals surface area (Å²) in [5, 5.41) is 26.0. The van der Waals surface area contributed by atoms with Crippen molar-refractivity contribution in [1.82, 2.24) is 15.5 Å². The van der Waals surface area contributed by atoms with Gasteiger partial charge < -0.3 is 20.2 Å². The summed E-state index contributed by atoms with van der Waals surface area (Å²) < 4.78 is 33.2. The average molecular weight is 513 g/mol. The van der Waals surface area contributed by atoms with E-state index >= 15 is 0 Å². The van der Waals surface area contributed by atoms with Crippen LogP contribution in [0.5, 0.6) is 0 Å². The Morgan fingerprint density at radius 2 is 1.73 bits per heavy atom. The third-order valence-corrected chi connectivity index (χ3v) is 7.32. The van der Waals surface area contributed by atoms with Gasteiger partial charge in [0, 0.05) is 25.1 Å². The highest BCUT2D eigenvalue weighted by atomic mass is 19.1. The lowest BCUT2D eigenvalue weighted by Gasteiger charge is -2.41. The predicted octanol–water partition coefficient (Wildman–Crippen LogP) is 5.79.